The summed E-state index contributed by atoms with van der Waals surface area (Å²) in [6.45, 7) is 1.28. The van der Waals surface area contributed by atoms with Crippen molar-refractivity contribution in [3.05, 3.63) is 72.1 Å². The first kappa shape index (κ1) is 19.4. The zero-order chi connectivity index (χ0) is 20.3. The highest BCUT2D eigenvalue weighted by Crippen LogP contribution is 2.16. The molecule has 1 aliphatic rings. The van der Waals surface area contributed by atoms with Crippen LogP contribution in [0, 0.1) is 0 Å². The number of nitrogens with zero attached hydrogens (tertiary/aromatic N) is 3. The van der Waals surface area contributed by atoms with Gasteiger partial charge >= 0.3 is 0 Å². The summed E-state index contributed by atoms with van der Waals surface area (Å²) < 4.78 is 32.3. The van der Waals surface area contributed by atoms with Crippen LogP contribution in [0.25, 0.3) is 17.2 Å². The Morgan fingerprint density at radius 1 is 1.00 bits per heavy atom. The summed E-state index contributed by atoms with van der Waals surface area (Å²) in [5.41, 5.74) is 2.15. The van der Waals surface area contributed by atoms with Crippen molar-refractivity contribution in [3.8, 4) is 0 Å². The number of oxazole rings is 1. The molecule has 1 fully saturated rings. The summed E-state index contributed by atoms with van der Waals surface area (Å²) in [5, 5.41) is 0. The van der Waals surface area contributed by atoms with Crippen LogP contribution < -0.4 is 0 Å². The fourth-order valence-corrected chi connectivity index (χ4v) is 4.79. The molecule has 1 aliphatic heterocycles. The second-order valence-electron chi connectivity index (χ2n) is 6.82. The maximum absolute atomic E-state index is 12.6. The van der Waals surface area contributed by atoms with Gasteiger partial charge in [0.25, 0.3) is 0 Å². The summed E-state index contributed by atoms with van der Waals surface area (Å²) in [7, 11) is -3.40. The third-order valence-corrected chi connectivity index (χ3v) is 6.66. The van der Waals surface area contributed by atoms with Gasteiger partial charge in [-0.2, -0.15) is 4.31 Å². The fourth-order valence-electron chi connectivity index (χ4n) is 3.27. The first-order chi connectivity index (χ1) is 14.0. The Hall–Kier alpha value is -2.97. The Kier molecular flexibility index (Phi) is 5.46. The molecule has 1 amide bonds. The number of benzene rings is 2. The van der Waals surface area contributed by atoms with Gasteiger partial charge in [-0.25, -0.2) is 13.4 Å². The topological polar surface area (TPSA) is 83.7 Å². The first-order valence-electron chi connectivity index (χ1n) is 9.35. The van der Waals surface area contributed by atoms with Crippen molar-refractivity contribution in [2.24, 2.45) is 0 Å². The van der Waals surface area contributed by atoms with Crippen LogP contribution in [0.5, 0.6) is 0 Å². The smallest absolute Gasteiger partial charge is 0.246 e. The van der Waals surface area contributed by atoms with Crippen molar-refractivity contribution in [3.63, 3.8) is 0 Å². The predicted molar refractivity (Wildman–Crippen MR) is 110 cm³/mol. The number of fused-ring (bicyclic) bond motifs is 1. The van der Waals surface area contributed by atoms with Gasteiger partial charge in [-0.3, -0.25) is 4.79 Å². The van der Waals surface area contributed by atoms with E-state index in [-0.39, 0.29) is 24.7 Å². The monoisotopic (exact) mass is 411 g/mol. The van der Waals surface area contributed by atoms with Gasteiger partial charge in [0.05, 0.1) is 5.75 Å². The summed E-state index contributed by atoms with van der Waals surface area (Å²) in [5.74, 6) is 0.148. The molecule has 0 saturated carbocycles. The van der Waals surface area contributed by atoms with E-state index < -0.39 is 10.0 Å². The van der Waals surface area contributed by atoms with Crippen LogP contribution in [0.1, 0.15) is 11.5 Å². The number of carbonyl (C=O) groups excluding carboxylic acids is 1. The maximum Gasteiger partial charge on any atom is 0.246 e. The zero-order valence-corrected chi connectivity index (χ0v) is 16.6. The lowest BCUT2D eigenvalue weighted by molar-refractivity contribution is -0.127. The van der Waals surface area contributed by atoms with Crippen molar-refractivity contribution in [1.29, 1.82) is 0 Å². The summed E-state index contributed by atoms with van der Waals surface area (Å²) >= 11 is 0. The van der Waals surface area contributed by atoms with Gasteiger partial charge in [0.15, 0.2) is 5.58 Å². The number of sulfonamides is 1. The third-order valence-electron chi connectivity index (χ3n) is 4.81. The Bertz CT molecular complexity index is 1100. The zero-order valence-electron chi connectivity index (χ0n) is 15.8. The molecular weight excluding hydrogens is 390 g/mol. The number of aromatic nitrogens is 1. The molecule has 0 unspecified atom stereocenters. The molecule has 0 bridgehead atoms. The summed E-state index contributed by atoms with van der Waals surface area (Å²) in [4.78, 5) is 18.4. The molecule has 150 valence electrons. The van der Waals surface area contributed by atoms with Gasteiger partial charge in [0.1, 0.15) is 5.52 Å². The second kappa shape index (κ2) is 8.18. The van der Waals surface area contributed by atoms with E-state index in [1.54, 1.807) is 23.1 Å². The molecule has 1 saturated heterocycles. The van der Waals surface area contributed by atoms with Crippen molar-refractivity contribution < 1.29 is 17.6 Å². The molecule has 0 atom stereocenters. The second-order valence-corrected chi connectivity index (χ2v) is 8.79. The highest BCUT2D eigenvalue weighted by molar-refractivity contribution is 7.88. The van der Waals surface area contributed by atoms with Crippen molar-refractivity contribution >= 4 is 33.1 Å². The standard InChI is InChI=1S/C21H21N3O4S/c25-21(11-10-20-22-18-8-4-5-9-19(18)28-20)23-12-14-24(15-13-23)29(26,27)16-17-6-2-1-3-7-17/h1-11H,12-16H2/b11-10+. The van der Waals surface area contributed by atoms with E-state index >= 15 is 0 Å². The average molecular weight is 411 g/mol. The average Bonchev–Trinajstić information content (AvgIpc) is 3.15. The van der Waals surface area contributed by atoms with Crippen LogP contribution in [0.3, 0.4) is 0 Å². The molecular formula is C21H21N3O4S. The lowest BCUT2D eigenvalue weighted by Crippen LogP contribution is -2.50. The Labute approximate surface area is 169 Å². The minimum absolute atomic E-state index is 0.0284. The quantitative estimate of drug-likeness (QED) is 0.603. The van der Waals surface area contributed by atoms with Crippen LogP contribution >= 0.6 is 0 Å². The van der Waals surface area contributed by atoms with Crippen LogP contribution in [-0.2, 0) is 20.6 Å². The largest absolute Gasteiger partial charge is 0.437 e. The molecule has 0 spiro atoms. The van der Waals surface area contributed by atoms with E-state index in [1.807, 2.05) is 42.5 Å². The predicted octanol–water partition coefficient (Wildman–Crippen LogP) is 2.52. The van der Waals surface area contributed by atoms with Crippen LogP contribution in [-0.4, -0.2) is 54.7 Å². The van der Waals surface area contributed by atoms with Gasteiger partial charge in [0, 0.05) is 38.3 Å². The van der Waals surface area contributed by atoms with Crippen molar-refractivity contribution in [2.75, 3.05) is 26.2 Å². The normalized spacial score (nSPS) is 15.9. The minimum atomic E-state index is -3.40. The van der Waals surface area contributed by atoms with Crippen LogP contribution in [0.4, 0.5) is 0 Å². The van der Waals surface area contributed by atoms with E-state index in [0.717, 1.165) is 11.1 Å². The molecule has 29 heavy (non-hydrogen) atoms. The third kappa shape index (κ3) is 4.55. The molecule has 8 heteroatoms. The van der Waals surface area contributed by atoms with E-state index in [9.17, 15) is 13.2 Å². The Morgan fingerprint density at radius 3 is 2.41 bits per heavy atom. The number of hydrogen-bond acceptors (Lipinski definition) is 5. The summed E-state index contributed by atoms with van der Waals surface area (Å²) in [6, 6.07) is 16.5. The first-order valence-corrected chi connectivity index (χ1v) is 11.0. The van der Waals surface area contributed by atoms with E-state index in [4.69, 9.17) is 4.42 Å². The van der Waals surface area contributed by atoms with E-state index in [2.05, 4.69) is 4.98 Å². The molecule has 4 rings (SSSR count). The number of rotatable bonds is 5. The van der Waals surface area contributed by atoms with Crippen molar-refractivity contribution in [1.82, 2.24) is 14.2 Å². The van der Waals surface area contributed by atoms with Gasteiger partial charge in [-0.15, -0.1) is 0 Å². The number of para-hydroxylation sites is 2. The molecule has 7 nitrogen and oxygen atoms in total. The highest BCUT2D eigenvalue weighted by Gasteiger charge is 2.28. The summed E-state index contributed by atoms with van der Waals surface area (Å²) in [6.07, 6.45) is 2.96. The molecule has 2 heterocycles. The molecule has 0 radical (unpaired) electrons. The molecule has 0 aliphatic carbocycles. The fraction of sp³-hybridized carbons (Fsp3) is 0.238. The molecule has 0 N–H and O–H groups in total. The maximum atomic E-state index is 12.6. The lowest BCUT2D eigenvalue weighted by atomic mass is 10.2. The molecule has 2 aromatic carbocycles. The minimum Gasteiger partial charge on any atom is -0.437 e. The van der Waals surface area contributed by atoms with Crippen molar-refractivity contribution in [2.45, 2.75) is 5.75 Å². The van der Waals surface area contributed by atoms with Gasteiger partial charge < -0.3 is 9.32 Å². The number of carbonyl (C=O) groups is 1. The van der Waals surface area contributed by atoms with Gasteiger partial charge in [0.2, 0.25) is 21.8 Å². The Morgan fingerprint density at radius 2 is 1.69 bits per heavy atom. The number of amides is 1. The van der Waals surface area contributed by atoms with Gasteiger partial charge in [-0.05, 0) is 17.7 Å². The number of piperazine rings is 1. The Balaban J connectivity index is 1.34. The van der Waals surface area contributed by atoms with E-state index in [0.29, 0.717) is 24.6 Å². The molecule has 3 aromatic rings. The number of hydrogen-bond donors (Lipinski definition) is 0. The van der Waals surface area contributed by atoms with E-state index in [1.165, 1.54) is 10.4 Å². The lowest BCUT2D eigenvalue weighted by Gasteiger charge is -2.33. The van der Waals surface area contributed by atoms with Gasteiger partial charge in [-0.1, -0.05) is 42.5 Å². The highest BCUT2D eigenvalue weighted by atomic mass is 32.2. The van der Waals surface area contributed by atoms with Crippen LogP contribution in [0.2, 0.25) is 0 Å². The van der Waals surface area contributed by atoms with Crippen LogP contribution in [0.15, 0.2) is 65.1 Å². The SMILES string of the molecule is O=C(/C=C/c1nc2ccccc2o1)N1CCN(S(=O)(=O)Cc2ccccc2)CC1. The molecule has 1 aromatic heterocycles.